The summed E-state index contributed by atoms with van der Waals surface area (Å²) in [6, 6.07) is 13.0. The summed E-state index contributed by atoms with van der Waals surface area (Å²) in [4.78, 5) is 16.2. The molecule has 5 nitrogen and oxygen atoms in total. The van der Waals surface area contributed by atoms with Crippen molar-refractivity contribution in [1.82, 2.24) is 0 Å². The average Bonchev–Trinajstić information content (AvgIpc) is 2.70. The van der Waals surface area contributed by atoms with Crippen LogP contribution in [0.15, 0.2) is 42.5 Å². The number of piperazine rings is 1. The Balaban J connectivity index is 1.56. The fourth-order valence-electron chi connectivity index (χ4n) is 3.30. The number of hydrogen-bond acceptors (Lipinski definition) is 3. The Morgan fingerprint density at radius 1 is 1.15 bits per heavy atom. The van der Waals surface area contributed by atoms with Crippen LogP contribution in [0.1, 0.15) is 6.92 Å². The van der Waals surface area contributed by atoms with Crippen LogP contribution in [-0.2, 0) is 4.79 Å². The van der Waals surface area contributed by atoms with Crippen LogP contribution in [-0.4, -0.2) is 45.2 Å². The number of ether oxygens (including phenoxy) is 1. The van der Waals surface area contributed by atoms with Crippen molar-refractivity contribution in [2.45, 2.75) is 13.0 Å². The average molecular weight is 409 g/mol. The fraction of sp³-hybridized carbons (Fsp3) is 0.350. The molecular formula is C20H24Cl2N3O2+. The number of benzene rings is 2. The van der Waals surface area contributed by atoms with E-state index in [9.17, 15) is 4.79 Å². The van der Waals surface area contributed by atoms with E-state index in [2.05, 4.69) is 22.3 Å². The van der Waals surface area contributed by atoms with Crippen molar-refractivity contribution in [3.8, 4) is 5.75 Å². The van der Waals surface area contributed by atoms with Gasteiger partial charge in [0.25, 0.3) is 5.91 Å². The van der Waals surface area contributed by atoms with E-state index in [0.29, 0.717) is 15.7 Å². The highest BCUT2D eigenvalue weighted by Gasteiger charge is 2.29. The number of quaternary nitrogens is 1. The zero-order valence-corrected chi connectivity index (χ0v) is 17.0. The summed E-state index contributed by atoms with van der Waals surface area (Å²) >= 11 is 12.1. The molecule has 1 heterocycles. The van der Waals surface area contributed by atoms with E-state index < -0.39 is 0 Å². The highest BCUT2D eigenvalue weighted by atomic mass is 35.5. The number of hydrogen-bond donors (Lipinski definition) is 2. The van der Waals surface area contributed by atoms with Crippen molar-refractivity contribution in [2.24, 2.45) is 0 Å². The largest absolute Gasteiger partial charge is 0.497 e. The quantitative estimate of drug-likeness (QED) is 0.799. The van der Waals surface area contributed by atoms with Gasteiger partial charge in [-0.1, -0.05) is 23.2 Å². The number of amides is 1. The maximum Gasteiger partial charge on any atom is 0.282 e. The predicted octanol–water partition coefficient (Wildman–Crippen LogP) is 2.73. The Hall–Kier alpha value is -1.95. The lowest BCUT2D eigenvalue weighted by Gasteiger charge is -2.36. The lowest BCUT2D eigenvalue weighted by Crippen LogP contribution is -3.19. The van der Waals surface area contributed by atoms with Gasteiger partial charge in [0.2, 0.25) is 0 Å². The second-order valence-corrected chi connectivity index (χ2v) is 7.52. The maximum absolute atomic E-state index is 12.6. The van der Waals surface area contributed by atoms with Crippen LogP contribution < -0.4 is 19.9 Å². The molecule has 0 bridgehead atoms. The molecule has 1 aliphatic heterocycles. The van der Waals surface area contributed by atoms with Crippen LogP contribution in [0.5, 0.6) is 5.75 Å². The third-order valence-corrected chi connectivity index (χ3v) is 5.60. The Bertz CT molecular complexity index is 790. The second-order valence-electron chi connectivity index (χ2n) is 6.68. The Kier molecular flexibility index (Phi) is 6.47. The molecule has 0 spiro atoms. The summed E-state index contributed by atoms with van der Waals surface area (Å²) in [5, 5.41) is 3.93. The zero-order chi connectivity index (χ0) is 19.4. The summed E-state index contributed by atoms with van der Waals surface area (Å²) in [6.07, 6.45) is 0. The van der Waals surface area contributed by atoms with Gasteiger partial charge in [-0.3, -0.25) is 4.79 Å². The third kappa shape index (κ3) is 4.86. The minimum absolute atomic E-state index is 0.0490. The van der Waals surface area contributed by atoms with Crippen LogP contribution in [0.4, 0.5) is 11.4 Å². The lowest BCUT2D eigenvalue weighted by molar-refractivity contribution is -0.914. The summed E-state index contributed by atoms with van der Waals surface area (Å²) in [5.41, 5.74) is 1.73. The van der Waals surface area contributed by atoms with Crippen molar-refractivity contribution in [1.29, 1.82) is 0 Å². The SMILES string of the molecule is COc1ccc(N2CC[NH+]([C@@H](C)C(=O)Nc3cc(Cl)ccc3Cl)CC2)cc1. The van der Waals surface area contributed by atoms with E-state index in [4.69, 9.17) is 27.9 Å². The molecule has 1 amide bonds. The minimum Gasteiger partial charge on any atom is -0.497 e. The number of methoxy groups -OCH3 is 1. The summed E-state index contributed by atoms with van der Waals surface area (Å²) in [6.45, 7) is 5.54. The van der Waals surface area contributed by atoms with Gasteiger partial charge in [0.05, 0.1) is 44.0 Å². The van der Waals surface area contributed by atoms with E-state index in [1.54, 1.807) is 25.3 Å². The first-order chi connectivity index (χ1) is 13.0. The number of carbonyl (C=O) groups excluding carboxylic acids is 1. The van der Waals surface area contributed by atoms with Gasteiger partial charge in [-0.15, -0.1) is 0 Å². The number of nitrogens with one attached hydrogen (secondary N) is 2. The first-order valence-electron chi connectivity index (χ1n) is 8.97. The van der Waals surface area contributed by atoms with Gasteiger partial charge in [0, 0.05) is 10.7 Å². The molecule has 2 aromatic rings. The minimum atomic E-state index is -0.168. The lowest BCUT2D eigenvalue weighted by atomic mass is 10.2. The molecule has 1 atom stereocenters. The molecule has 0 saturated carbocycles. The second kappa shape index (κ2) is 8.83. The van der Waals surface area contributed by atoms with Crippen molar-refractivity contribution in [2.75, 3.05) is 43.5 Å². The number of carbonyl (C=O) groups is 1. The van der Waals surface area contributed by atoms with E-state index >= 15 is 0 Å². The van der Waals surface area contributed by atoms with Gasteiger partial charge in [0.15, 0.2) is 6.04 Å². The fourth-order valence-corrected chi connectivity index (χ4v) is 3.63. The highest BCUT2D eigenvalue weighted by molar-refractivity contribution is 6.35. The molecule has 1 aliphatic rings. The van der Waals surface area contributed by atoms with Gasteiger partial charge in [-0.2, -0.15) is 0 Å². The number of halogens is 2. The summed E-state index contributed by atoms with van der Waals surface area (Å²) < 4.78 is 5.21. The van der Waals surface area contributed by atoms with E-state index in [-0.39, 0.29) is 11.9 Å². The normalized spacial score (nSPS) is 16.1. The topological polar surface area (TPSA) is 46.0 Å². The number of nitrogens with zero attached hydrogens (tertiary/aromatic N) is 1. The van der Waals surface area contributed by atoms with Crippen LogP contribution >= 0.6 is 23.2 Å². The first-order valence-corrected chi connectivity index (χ1v) is 9.73. The molecule has 0 aromatic heterocycles. The molecule has 0 aliphatic carbocycles. The van der Waals surface area contributed by atoms with Crippen molar-refractivity contribution < 1.29 is 14.4 Å². The zero-order valence-electron chi connectivity index (χ0n) is 15.5. The van der Waals surface area contributed by atoms with Gasteiger partial charge >= 0.3 is 0 Å². The van der Waals surface area contributed by atoms with E-state index in [1.807, 2.05) is 19.1 Å². The smallest absolute Gasteiger partial charge is 0.282 e. The molecule has 2 N–H and O–H groups in total. The van der Waals surface area contributed by atoms with E-state index in [1.165, 1.54) is 10.6 Å². The standard InChI is InChI=1S/C20H23Cl2N3O2/c1-14(20(26)23-19-13-15(21)3-8-18(19)22)24-9-11-25(12-10-24)16-4-6-17(27-2)7-5-16/h3-8,13-14H,9-12H2,1-2H3,(H,23,26)/p+1/t14-/m0/s1. The third-order valence-electron chi connectivity index (χ3n) is 5.04. The van der Waals surface area contributed by atoms with Gasteiger partial charge in [-0.25, -0.2) is 0 Å². The van der Waals surface area contributed by atoms with E-state index in [0.717, 1.165) is 31.9 Å². The van der Waals surface area contributed by atoms with Gasteiger partial charge in [0.1, 0.15) is 5.75 Å². The van der Waals surface area contributed by atoms with Crippen LogP contribution in [0, 0.1) is 0 Å². The van der Waals surface area contributed by atoms with Crippen molar-refractivity contribution >= 4 is 40.5 Å². The molecule has 3 rings (SSSR count). The molecule has 144 valence electrons. The maximum atomic E-state index is 12.6. The molecule has 7 heteroatoms. The van der Waals surface area contributed by atoms with Crippen molar-refractivity contribution in [3.63, 3.8) is 0 Å². The monoisotopic (exact) mass is 408 g/mol. The Morgan fingerprint density at radius 2 is 1.81 bits per heavy atom. The molecule has 2 aromatic carbocycles. The number of anilines is 2. The molecule has 0 unspecified atom stereocenters. The molecule has 27 heavy (non-hydrogen) atoms. The summed E-state index contributed by atoms with van der Waals surface area (Å²) in [5.74, 6) is 0.806. The number of rotatable bonds is 5. The van der Waals surface area contributed by atoms with Crippen LogP contribution in [0.3, 0.4) is 0 Å². The predicted molar refractivity (Wildman–Crippen MR) is 110 cm³/mol. The van der Waals surface area contributed by atoms with Crippen LogP contribution in [0.25, 0.3) is 0 Å². The van der Waals surface area contributed by atoms with Gasteiger partial charge in [-0.05, 0) is 49.4 Å². The van der Waals surface area contributed by atoms with Crippen molar-refractivity contribution in [3.05, 3.63) is 52.5 Å². The summed E-state index contributed by atoms with van der Waals surface area (Å²) in [7, 11) is 1.67. The van der Waals surface area contributed by atoms with Crippen LogP contribution in [0.2, 0.25) is 10.0 Å². The molecule has 0 radical (unpaired) electrons. The highest BCUT2D eigenvalue weighted by Crippen LogP contribution is 2.25. The first kappa shape index (κ1) is 19.8. The molecular weight excluding hydrogens is 385 g/mol. The Labute approximate surface area is 169 Å². The van der Waals surface area contributed by atoms with Gasteiger partial charge < -0.3 is 19.9 Å². The molecule has 1 fully saturated rings. The molecule has 1 saturated heterocycles. The Morgan fingerprint density at radius 3 is 2.44 bits per heavy atom.